The predicted molar refractivity (Wildman–Crippen MR) is 103 cm³/mol. The van der Waals surface area contributed by atoms with Crippen LogP contribution in [0.1, 0.15) is 5.56 Å². The maximum absolute atomic E-state index is 11.2. The van der Waals surface area contributed by atoms with Gasteiger partial charge in [0.25, 0.3) is 5.69 Å². The first-order valence-electron chi connectivity index (χ1n) is 7.63. The number of benzene rings is 2. The zero-order valence-corrected chi connectivity index (χ0v) is 14.8. The molecular formula is C17H15ClN6O2. The van der Waals surface area contributed by atoms with Gasteiger partial charge in [0, 0.05) is 36.5 Å². The highest BCUT2D eigenvalue weighted by Crippen LogP contribution is 2.27. The van der Waals surface area contributed by atoms with Crippen LogP contribution < -0.4 is 10.3 Å². The van der Waals surface area contributed by atoms with Gasteiger partial charge in [-0.05, 0) is 6.07 Å². The summed E-state index contributed by atoms with van der Waals surface area (Å²) in [6, 6.07) is 12.3. The molecule has 2 aromatic carbocycles. The molecule has 0 fully saturated rings. The lowest BCUT2D eigenvalue weighted by molar-refractivity contribution is -0.384. The SMILES string of the molecule is CN(C)c1ccc(/C=N/Nc2nnc(Cl)c3ccccc23)cc1[N+](=O)[O-]. The van der Waals surface area contributed by atoms with Crippen LogP contribution in [0.4, 0.5) is 17.2 Å². The molecule has 0 unspecified atom stereocenters. The minimum Gasteiger partial charge on any atom is -0.372 e. The van der Waals surface area contributed by atoms with Gasteiger partial charge in [-0.15, -0.1) is 10.2 Å². The lowest BCUT2D eigenvalue weighted by Gasteiger charge is -2.12. The molecule has 0 saturated carbocycles. The quantitative estimate of drug-likeness (QED) is 0.418. The molecule has 3 rings (SSSR count). The number of halogens is 1. The molecule has 9 heteroatoms. The average Bonchev–Trinajstić information content (AvgIpc) is 2.63. The van der Waals surface area contributed by atoms with Crippen LogP contribution in [0.15, 0.2) is 47.6 Å². The zero-order chi connectivity index (χ0) is 18.7. The number of hydrogen-bond donors (Lipinski definition) is 1. The fourth-order valence-electron chi connectivity index (χ4n) is 2.47. The molecule has 0 atom stereocenters. The van der Waals surface area contributed by atoms with Gasteiger partial charge >= 0.3 is 0 Å². The molecule has 0 saturated heterocycles. The third-order valence-electron chi connectivity index (χ3n) is 3.70. The van der Waals surface area contributed by atoms with Crippen molar-refractivity contribution in [3.8, 4) is 0 Å². The van der Waals surface area contributed by atoms with E-state index in [1.54, 1.807) is 31.1 Å². The summed E-state index contributed by atoms with van der Waals surface area (Å²) in [5, 5.41) is 25.1. The van der Waals surface area contributed by atoms with E-state index in [4.69, 9.17) is 11.6 Å². The Balaban J connectivity index is 1.87. The summed E-state index contributed by atoms with van der Waals surface area (Å²) in [6.07, 6.45) is 1.48. The van der Waals surface area contributed by atoms with E-state index in [1.807, 2.05) is 24.3 Å². The van der Waals surface area contributed by atoms with Crippen molar-refractivity contribution in [1.82, 2.24) is 10.2 Å². The number of fused-ring (bicyclic) bond motifs is 1. The lowest BCUT2D eigenvalue weighted by atomic mass is 10.2. The van der Waals surface area contributed by atoms with Crippen LogP contribution in [0, 0.1) is 10.1 Å². The van der Waals surface area contributed by atoms with Crippen molar-refractivity contribution in [2.24, 2.45) is 5.10 Å². The highest BCUT2D eigenvalue weighted by Gasteiger charge is 2.15. The number of anilines is 2. The first-order chi connectivity index (χ1) is 12.5. The Kier molecular flexibility index (Phi) is 4.94. The van der Waals surface area contributed by atoms with Crippen molar-refractivity contribution < 1.29 is 4.92 Å². The molecule has 0 amide bonds. The summed E-state index contributed by atoms with van der Waals surface area (Å²) in [4.78, 5) is 12.5. The summed E-state index contributed by atoms with van der Waals surface area (Å²) >= 11 is 6.04. The van der Waals surface area contributed by atoms with Gasteiger partial charge in [0.2, 0.25) is 0 Å². The number of nitro benzene ring substituents is 1. The number of rotatable bonds is 5. The first kappa shape index (κ1) is 17.6. The Morgan fingerprint density at radius 2 is 1.92 bits per heavy atom. The van der Waals surface area contributed by atoms with Crippen LogP contribution in [0.3, 0.4) is 0 Å². The second kappa shape index (κ2) is 7.32. The molecular weight excluding hydrogens is 356 g/mol. The molecule has 0 aliphatic heterocycles. The van der Waals surface area contributed by atoms with Gasteiger partial charge in [0.05, 0.1) is 11.1 Å². The Morgan fingerprint density at radius 3 is 2.62 bits per heavy atom. The fraction of sp³-hybridized carbons (Fsp3) is 0.118. The van der Waals surface area contributed by atoms with E-state index in [-0.39, 0.29) is 5.69 Å². The largest absolute Gasteiger partial charge is 0.372 e. The molecule has 1 aromatic heterocycles. The van der Waals surface area contributed by atoms with Crippen LogP contribution >= 0.6 is 11.6 Å². The van der Waals surface area contributed by atoms with Crippen LogP contribution in [-0.2, 0) is 0 Å². The molecule has 1 heterocycles. The Morgan fingerprint density at radius 1 is 1.19 bits per heavy atom. The number of nitrogens with zero attached hydrogens (tertiary/aromatic N) is 5. The topological polar surface area (TPSA) is 96.5 Å². The smallest absolute Gasteiger partial charge is 0.293 e. The van der Waals surface area contributed by atoms with Gasteiger partial charge < -0.3 is 4.90 Å². The average molecular weight is 371 g/mol. The van der Waals surface area contributed by atoms with Crippen molar-refractivity contribution in [3.05, 3.63) is 63.3 Å². The number of aromatic nitrogens is 2. The van der Waals surface area contributed by atoms with Crippen molar-refractivity contribution in [2.45, 2.75) is 0 Å². The lowest BCUT2D eigenvalue weighted by Crippen LogP contribution is -2.11. The van der Waals surface area contributed by atoms with Crippen LogP contribution in [-0.4, -0.2) is 35.4 Å². The molecule has 26 heavy (non-hydrogen) atoms. The molecule has 8 nitrogen and oxygen atoms in total. The molecule has 132 valence electrons. The van der Waals surface area contributed by atoms with Crippen LogP contribution in [0.5, 0.6) is 0 Å². The molecule has 3 aromatic rings. The predicted octanol–water partition coefficient (Wildman–Crippen LogP) is 3.70. The normalized spacial score (nSPS) is 11.0. The van der Waals surface area contributed by atoms with E-state index in [2.05, 4.69) is 20.7 Å². The minimum atomic E-state index is -0.418. The van der Waals surface area contributed by atoms with Gasteiger partial charge in [-0.25, -0.2) is 0 Å². The third-order valence-corrected chi connectivity index (χ3v) is 3.98. The maximum atomic E-state index is 11.2. The molecule has 0 aliphatic rings. The van der Waals surface area contributed by atoms with E-state index in [0.717, 1.165) is 10.8 Å². The number of hydrogen-bond acceptors (Lipinski definition) is 7. The Hall–Kier alpha value is -3.26. The van der Waals surface area contributed by atoms with E-state index in [9.17, 15) is 10.1 Å². The van der Waals surface area contributed by atoms with Gasteiger partial charge in [0.15, 0.2) is 11.0 Å². The number of nitro groups is 1. The number of nitrogens with one attached hydrogen (secondary N) is 1. The highest BCUT2D eigenvalue weighted by atomic mass is 35.5. The van der Waals surface area contributed by atoms with Gasteiger partial charge in [-0.1, -0.05) is 41.9 Å². The summed E-state index contributed by atoms with van der Waals surface area (Å²) in [6.45, 7) is 0. The monoisotopic (exact) mass is 370 g/mol. The van der Waals surface area contributed by atoms with Crippen molar-refractivity contribution in [3.63, 3.8) is 0 Å². The highest BCUT2D eigenvalue weighted by molar-refractivity contribution is 6.34. The molecule has 0 radical (unpaired) electrons. The van der Waals surface area contributed by atoms with Crippen LogP contribution in [0.25, 0.3) is 10.8 Å². The Bertz CT molecular complexity index is 1010. The molecule has 0 spiro atoms. The number of hydrazone groups is 1. The summed E-state index contributed by atoms with van der Waals surface area (Å²) in [5.41, 5.74) is 3.92. The maximum Gasteiger partial charge on any atom is 0.293 e. The van der Waals surface area contributed by atoms with Crippen LogP contribution in [0.2, 0.25) is 5.15 Å². The summed E-state index contributed by atoms with van der Waals surface area (Å²) < 4.78 is 0. The molecule has 1 N–H and O–H groups in total. The van der Waals surface area contributed by atoms with E-state index in [0.29, 0.717) is 22.2 Å². The van der Waals surface area contributed by atoms with Crippen molar-refractivity contribution in [2.75, 3.05) is 24.4 Å². The van der Waals surface area contributed by atoms with Gasteiger partial charge in [-0.2, -0.15) is 5.10 Å². The minimum absolute atomic E-state index is 0.00989. The standard InChI is InChI=1S/C17H15ClN6O2/c1-23(2)14-8-7-11(9-15(14)24(25)26)10-19-21-17-13-6-4-3-5-12(13)16(18)20-22-17/h3-10H,1-2H3,(H,21,22)/b19-10+. The van der Waals surface area contributed by atoms with E-state index >= 15 is 0 Å². The van der Waals surface area contributed by atoms with Gasteiger partial charge in [0.1, 0.15) is 5.69 Å². The zero-order valence-electron chi connectivity index (χ0n) is 14.0. The van der Waals surface area contributed by atoms with Crippen molar-refractivity contribution in [1.29, 1.82) is 0 Å². The molecule has 0 aliphatic carbocycles. The second-order valence-corrected chi connectivity index (χ2v) is 6.01. The van der Waals surface area contributed by atoms with E-state index in [1.165, 1.54) is 12.3 Å². The van der Waals surface area contributed by atoms with Gasteiger partial charge in [-0.3, -0.25) is 15.5 Å². The third kappa shape index (κ3) is 3.55. The summed E-state index contributed by atoms with van der Waals surface area (Å²) in [5.74, 6) is 0.445. The first-order valence-corrected chi connectivity index (χ1v) is 8.01. The van der Waals surface area contributed by atoms with Crippen molar-refractivity contribution >= 4 is 45.8 Å². The second-order valence-electron chi connectivity index (χ2n) is 5.65. The van der Waals surface area contributed by atoms with E-state index < -0.39 is 4.92 Å². The fourth-order valence-corrected chi connectivity index (χ4v) is 2.67. The Labute approximate surface area is 154 Å². The molecule has 0 bridgehead atoms. The summed E-state index contributed by atoms with van der Waals surface area (Å²) in [7, 11) is 3.50.